The van der Waals surface area contributed by atoms with E-state index in [1.54, 1.807) is 0 Å². The van der Waals surface area contributed by atoms with Gasteiger partial charge in [-0.3, -0.25) is 0 Å². The molecule has 0 spiro atoms. The SMILES string of the molecule is CCC(C)=CCO[C]=O. The summed E-state index contributed by atoms with van der Waals surface area (Å²) in [5.41, 5.74) is 1.23. The molecule has 9 heavy (non-hydrogen) atoms. The molecule has 0 aliphatic carbocycles. The molecule has 0 atom stereocenters. The van der Waals surface area contributed by atoms with Crippen molar-refractivity contribution in [1.29, 1.82) is 0 Å². The standard InChI is InChI=1S/C7H11O2/c1-3-7(2)4-5-9-6-8/h4H,3,5H2,1-2H3. The first-order valence-electron chi connectivity index (χ1n) is 2.95. The van der Waals surface area contributed by atoms with Gasteiger partial charge in [-0.2, -0.15) is 0 Å². The average Bonchev–Trinajstić information content (AvgIpc) is 1.89. The first-order chi connectivity index (χ1) is 4.31. The fourth-order valence-electron chi connectivity index (χ4n) is 0.362. The normalized spacial score (nSPS) is 11.1. The Labute approximate surface area is 55.5 Å². The molecule has 2 nitrogen and oxygen atoms in total. The summed E-state index contributed by atoms with van der Waals surface area (Å²) >= 11 is 0. The molecule has 0 amide bonds. The van der Waals surface area contributed by atoms with Crippen LogP contribution in [0.5, 0.6) is 0 Å². The first kappa shape index (κ1) is 8.21. The Hall–Kier alpha value is -0.790. The van der Waals surface area contributed by atoms with E-state index in [1.807, 2.05) is 13.0 Å². The summed E-state index contributed by atoms with van der Waals surface area (Å²) in [4.78, 5) is 9.50. The molecule has 0 heterocycles. The largest absolute Gasteiger partial charge is 0.453 e. The minimum atomic E-state index is 0.350. The lowest BCUT2D eigenvalue weighted by Gasteiger charge is -1.92. The summed E-state index contributed by atoms with van der Waals surface area (Å²) < 4.78 is 4.32. The third kappa shape index (κ3) is 5.07. The molecule has 51 valence electrons. The van der Waals surface area contributed by atoms with Crippen molar-refractivity contribution < 1.29 is 9.53 Å². The van der Waals surface area contributed by atoms with Crippen molar-refractivity contribution in [3.05, 3.63) is 11.6 Å². The second-order valence-corrected chi connectivity index (χ2v) is 1.80. The Kier molecular flexibility index (Phi) is 4.88. The monoisotopic (exact) mass is 127 g/mol. The van der Waals surface area contributed by atoms with Crippen LogP contribution in [0.3, 0.4) is 0 Å². The second kappa shape index (κ2) is 5.35. The van der Waals surface area contributed by atoms with Crippen molar-refractivity contribution in [2.75, 3.05) is 6.61 Å². The average molecular weight is 127 g/mol. The zero-order chi connectivity index (χ0) is 7.11. The lowest BCUT2D eigenvalue weighted by atomic mass is 10.2. The number of allylic oxidation sites excluding steroid dienone is 1. The van der Waals surface area contributed by atoms with Crippen molar-refractivity contribution in [1.82, 2.24) is 0 Å². The van der Waals surface area contributed by atoms with E-state index in [4.69, 9.17) is 0 Å². The summed E-state index contributed by atoms with van der Waals surface area (Å²) in [5, 5.41) is 0. The fourth-order valence-corrected chi connectivity index (χ4v) is 0.362. The number of rotatable bonds is 4. The van der Waals surface area contributed by atoms with Gasteiger partial charge < -0.3 is 4.74 Å². The Morgan fingerprint density at radius 1 is 1.78 bits per heavy atom. The van der Waals surface area contributed by atoms with Crippen LogP contribution in [0.2, 0.25) is 0 Å². The molecule has 0 aliphatic heterocycles. The van der Waals surface area contributed by atoms with E-state index in [9.17, 15) is 4.79 Å². The van der Waals surface area contributed by atoms with Crippen LogP contribution in [0.4, 0.5) is 0 Å². The van der Waals surface area contributed by atoms with Gasteiger partial charge in [0.1, 0.15) is 6.61 Å². The van der Waals surface area contributed by atoms with Gasteiger partial charge in [0.05, 0.1) is 0 Å². The highest BCUT2D eigenvalue weighted by Crippen LogP contribution is 1.95. The van der Waals surface area contributed by atoms with E-state index in [1.165, 1.54) is 12.0 Å². The molecule has 1 radical (unpaired) electrons. The third-order valence-electron chi connectivity index (χ3n) is 1.13. The molecular weight excluding hydrogens is 116 g/mol. The second-order valence-electron chi connectivity index (χ2n) is 1.80. The number of ether oxygens (including phenoxy) is 1. The first-order valence-corrected chi connectivity index (χ1v) is 2.95. The Morgan fingerprint density at radius 3 is 2.89 bits per heavy atom. The maximum Gasteiger partial charge on any atom is 0.417 e. The predicted octanol–water partition coefficient (Wildman–Crippen LogP) is 1.43. The van der Waals surface area contributed by atoms with E-state index >= 15 is 0 Å². The maximum absolute atomic E-state index is 9.50. The summed E-state index contributed by atoms with van der Waals surface area (Å²) in [6.07, 6.45) is 2.87. The van der Waals surface area contributed by atoms with E-state index in [0.717, 1.165) is 6.42 Å². The molecule has 0 aromatic rings. The topological polar surface area (TPSA) is 26.3 Å². The van der Waals surface area contributed by atoms with Gasteiger partial charge >= 0.3 is 6.47 Å². The van der Waals surface area contributed by atoms with Gasteiger partial charge in [0.15, 0.2) is 0 Å². The molecule has 0 saturated carbocycles. The van der Waals surface area contributed by atoms with Crippen LogP contribution in [0.15, 0.2) is 11.6 Å². The molecule has 0 bridgehead atoms. The third-order valence-corrected chi connectivity index (χ3v) is 1.13. The number of hydrogen-bond acceptors (Lipinski definition) is 2. The minimum absolute atomic E-state index is 0.350. The lowest BCUT2D eigenvalue weighted by molar-refractivity contribution is 0.313. The molecule has 2 heteroatoms. The van der Waals surface area contributed by atoms with Crippen molar-refractivity contribution in [3.8, 4) is 0 Å². The van der Waals surface area contributed by atoms with Gasteiger partial charge in [0, 0.05) is 0 Å². The van der Waals surface area contributed by atoms with Crippen LogP contribution in [0.25, 0.3) is 0 Å². The zero-order valence-electron chi connectivity index (χ0n) is 5.81. The highest BCUT2D eigenvalue weighted by molar-refractivity contribution is 5.38. The summed E-state index contributed by atoms with van der Waals surface area (Å²) in [6.45, 7) is 5.75. The van der Waals surface area contributed by atoms with Gasteiger partial charge in [-0.15, -0.1) is 0 Å². The zero-order valence-corrected chi connectivity index (χ0v) is 5.81. The van der Waals surface area contributed by atoms with Crippen LogP contribution in [-0.4, -0.2) is 13.1 Å². The fraction of sp³-hybridized carbons (Fsp3) is 0.571. The molecule has 0 aliphatic rings. The van der Waals surface area contributed by atoms with Gasteiger partial charge in [-0.1, -0.05) is 12.5 Å². The lowest BCUT2D eigenvalue weighted by Crippen LogP contribution is -1.87. The van der Waals surface area contributed by atoms with Crippen LogP contribution in [0.1, 0.15) is 20.3 Å². The van der Waals surface area contributed by atoms with Crippen LogP contribution < -0.4 is 0 Å². The van der Waals surface area contributed by atoms with E-state index in [2.05, 4.69) is 11.7 Å². The van der Waals surface area contributed by atoms with Gasteiger partial charge in [-0.05, 0) is 19.4 Å². The molecule has 0 N–H and O–H groups in total. The van der Waals surface area contributed by atoms with Gasteiger partial charge in [0.25, 0.3) is 0 Å². The van der Waals surface area contributed by atoms with Crippen LogP contribution in [0, 0.1) is 0 Å². The Bertz CT molecular complexity index is 105. The summed E-state index contributed by atoms with van der Waals surface area (Å²) in [6, 6.07) is 0. The van der Waals surface area contributed by atoms with Crippen LogP contribution in [-0.2, 0) is 9.53 Å². The quantitative estimate of drug-likeness (QED) is 0.421. The highest BCUT2D eigenvalue weighted by Gasteiger charge is 1.82. The summed E-state index contributed by atoms with van der Waals surface area (Å²) in [7, 11) is 0. The van der Waals surface area contributed by atoms with E-state index in [0.29, 0.717) is 6.61 Å². The molecule has 0 rings (SSSR count). The molecular formula is C7H11O2. The predicted molar refractivity (Wildman–Crippen MR) is 35.7 cm³/mol. The Morgan fingerprint density at radius 2 is 2.44 bits per heavy atom. The summed E-state index contributed by atoms with van der Waals surface area (Å²) in [5.74, 6) is 0. The molecule has 0 fully saturated rings. The molecule has 0 aromatic carbocycles. The van der Waals surface area contributed by atoms with E-state index in [-0.39, 0.29) is 0 Å². The maximum atomic E-state index is 9.50. The molecule has 0 saturated heterocycles. The van der Waals surface area contributed by atoms with Crippen molar-refractivity contribution in [2.45, 2.75) is 20.3 Å². The van der Waals surface area contributed by atoms with E-state index < -0.39 is 0 Å². The Balaban J connectivity index is 3.31. The van der Waals surface area contributed by atoms with Crippen molar-refractivity contribution >= 4 is 6.47 Å². The number of carbonyl (C=O) groups excluding carboxylic acids is 1. The van der Waals surface area contributed by atoms with Gasteiger partial charge in [-0.25, -0.2) is 4.79 Å². The molecule has 0 aromatic heterocycles. The van der Waals surface area contributed by atoms with Crippen molar-refractivity contribution in [2.24, 2.45) is 0 Å². The minimum Gasteiger partial charge on any atom is -0.453 e. The van der Waals surface area contributed by atoms with Gasteiger partial charge in [0.2, 0.25) is 0 Å². The number of hydrogen-bond donors (Lipinski definition) is 0. The smallest absolute Gasteiger partial charge is 0.417 e. The highest BCUT2D eigenvalue weighted by atomic mass is 16.5. The van der Waals surface area contributed by atoms with Crippen molar-refractivity contribution in [3.63, 3.8) is 0 Å². The van der Waals surface area contributed by atoms with Crippen LogP contribution >= 0.6 is 0 Å². The molecule has 0 unspecified atom stereocenters.